The lowest BCUT2D eigenvalue weighted by atomic mass is 9.86. The van der Waals surface area contributed by atoms with Gasteiger partial charge in [-0.05, 0) is 63.2 Å². The number of aromatic hydroxyl groups is 1. The first-order valence-corrected chi connectivity index (χ1v) is 10.5. The van der Waals surface area contributed by atoms with Crippen LogP contribution in [0.15, 0.2) is 30.3 Å². The van der Waals surface area contributed by atoms with E-state index in [0.29, 0.717) is 28.6 Å². The van der Waals surface area contributed by atoms with E-state index in [9.17, 15) is 9.90 Å². The number of phenols is 1. The van der Waals surface area contributed by atoms with E-state index in [0.717, 1.165) is 31.5 Å². The third-order valence-electron chi connectivity index (χ3n) is 5.93. The lowest BCUT2D eigenvalue weighted by molar-refractivity contribution is 0.104. The Labute approximate surface area is 189 Å². The lowest BCUT2D eigenvalue weighted by Gasteiger charge is -2.31. The number of hydrogen-bond donors (Lipinski definition) is 1. The second-order valence-electron chi connectivity index (χ2n) is 7.77. The molecule has 2 aromatic rings. The number of rotatable bonds is 8. The average molecular weight is 442 g/mol. The first kappa shape index (κ1) is 23.5. The van der Waals surface area contributed by atoms with Crippen molar-refractivity contribution in [2.45, 2.75) is 18.8 Å². The minimum atomic E-state index is -0.385. The molecule has 1 heterocycles. The summed E-state index contributed by atoms with van der Waals surface area (Å²) in [7, 11) is 8.27. The van der Waals surface area contributed by atoms with Gasteiger partial charge in [0.05, 0.1) is 34.0 Å². The third-order valence-corrected chi connectivity index (χ3v) is 5.93. The number of likely N-dealkylation sites (tertiary alicyclic amines) is 1. The molecule has 7 heteroatoms. The summed E-state index contributed by atoms with van der Waals surface area (Å²) < 4.78 is 22.0. The van der Waals surface area contributed by atoms with Crippen LogP contribution in [0.2, 0.25) is 0 Å². The number of carbonyl (C=O) groups excluding carboxylic acids is 1. The minimum absolute atomic E-state index is 0.118. The molecule has 172 valence electrons. The summed E-state index contributed by atoms with van der Waals surface area (Å²) in [5.41, 5.74) is 1.58. The van der Waals surface area contributed by atoms with Crippen LogP contribution in [0.5, 0.6) is 28.7 Å². The number of phenolic OH excluding ortho intramolecular Hbond substituents is 1. The van der Waals surface area contributed by atoms with Gasteiger partial charge in [0.15, 0.2) is 5.78 Å². The highest BCUT2D eigenvalue weighted by atomic mass is 16.5. The predicted molar refractivity (Wildman–Crippen MR) is 124 cm³/mol. The summed E-state index contributed by atoms with van der Waals surface area (Å²) in [4.78, 5) is 15.5. The van der Waals surface area contributed by atoms with Crippen molar-refractivity contribution in [2.24, 2.45) is 0 Å². The van der Waals surface area contributed by atoms with E-state index in [4.69, 9.17) is 18.9 Å². The maximum absolute atomic E-state index is 13.2. The molecule has 0 spiro atoms. The van der Waals surface area contributed by atoms with Gasteiger partial charge in [-0.1, -0.05) is 6.07 Å². The molecular weight excluding hydrogens is 410 g/mol. The number of methoxy groups -OCH3 is 4. The van der Waals surface area contributed by atoms with Crippen LogP contribution < -0.4 is 18.9 Å². The zero-order valence-electron chi connectivity index (χ0n) is 19.3. The fourth-order valence-corrected chi connectivity index (χ4v) is 4.23. The first-order valence-electron chi connectivity index (χ1n) is 10.5. The summed E-state index contributed by atoms with van der Waals surface area (Å²) in [6.45, 7) is 1.88. The van der Waals surface area contributed by atoms with Crippen molar-refractivity contribution in [3.63, 3.8) is 0 Å². The molecule has 7 nitrogen and oxygen atoms in total. The van der Waals surface area contributed by atoms with E-state index in [1.165, 1.54) is 19.3 Å². The number of hydrogen-bond acceptors (Lipinski definition) is 7. The highest BCUT2D eigenvalue weighted by molar-refractivity contribution is 6.11. The summed E-state index contributed by atoms with van der Waals surface area (Å²) >= 11 is 0. The molecule has 1 aliphatic heterocycles. The molecule has 3 rings (SSSR count). The lowest BCUT2D eigenvalue weighted by Crippen LogP contribution is -2.29. The van der Waals surface area contributed by atoms with Crippen LogP contribution in [0.4, 0.5) is 0 Å². The van der Waals surface area contributed by atoms with Crippen molar-refractivity contribution in [2.75, 3.05) is 48.6 Å². The van der Waals surface area contributed by atoms with E-state index >= 15 is 0 Å². The van der Waals surface area contributed by atoms with Gasteiger partial charge in [0, 0.05) is 11.6 Å². The Morgan fingerprint density at radius 3 is 2.12 bits per heavy atom. The summed E-state index contributed by atoms with van der Waals surface area (Å²) in [5, 5.41) is 10.7. The normalized spacial score (nSPS) is 15.0. The molecule has 0 aromatic heterocycles. The Morgan fingerprint density at radius 1 is 1.00 bits per heavy atom. The van der Waals surface area contributed by atoms with Crippen LogP contribution in [-0.2, 0) is 0 Å². The molecule has 0 amide bonds. The third kappa shape index (κ3) is 4.67. The van der Waals surface area contributed by atoms with Crippen LogP contribution in [0, 0.1) is 0 Å². The predicted octanol–water partition coefficient (Wildman–Crippen LogP) is 4.13. The maximum Gasteiger partial charge on any atom is 0.193 e. The van der Waals surface area contributed by atoms with Gasteiger partial charge in [0.2, 0.25) is 0 Å². The number of ketones is 1. The second kappa shape index (κ2) is 10.4. The average Bonchev–Trinajstić information content (AvgIpc) is 2.81. The Morgan fingerprint density at radius 2 is 1.59 bits per heavy atom. The molecule has 1 fully saturated rings. The molecule has 0 saturated carbocycles. The number of carbonyl (C=O) groups is 1. The molecule has 0 bridgehead atoms. The van der Waals surface area contributed by atoms with Gasteiger partial charge in [0.1, 0.15) is 34.3 Å². The van der Waals surface area contributed by atoms with Crippen LogP contribution in [0.25, 0.3) is 6.08 Å². The smallest absolute Gasteiger partial charge is 0.193 e. The number of benzene rings is 2. The van der Waals surface area contributed by atoms with E-state index in [1.807, 2.05) is 6.07 Å². The molecular formula is C25H31NO6. The van der Waals surface area contributed by atoms with Crippen LogP contribution in [-0.4, -0.2) is 64.4 Å². The number of piperidine rings is 1. The molecule has 0 unspecified atom stereocenters. The highest BCUT2D eigenvalue weighted by Gasteiger charge is 2.30. The SMILES string of the molecule is COc1cccc(OC)c1/C=C/C(=O)c1c(O)cc(OC)c(C2CCN(C)CC2)c1OC. The molecule has 0 atom stereocenters. The zero-order valence-corrected chi connectivity index (χ0v) is 19.3. The topological polar surface area (TPSA) is 77.5 Å². The Kier molecular flexibility index (Phi) is 7.64. The molecule has 1 N–H and O–H groups in total. The molecule has 0 aliphatic carbocycles. The van der Waals surface area contributed by atoms with Crippen LogP contribution in [0.1, 0.15) is 40.2 Å². The maximum atomic E-state index is 13.2. The highest BCUT2D eigenvalue weighted by Crippen LogP contribution is 2.46. The minimum Gasteiger partial charge on any atom is -0.507 e. The van der Waals surface area contributed by atoms with Crippen molar-refractivity contribution < 1.29 is 28.8 Å². The first-order chi connectivity index (χ1) is 15.4. The van der Waals surface area contributed by atoms with Crippen molar-refractivity contribution >= 4 is 11.9 Å². The van der Waals surface area contributed by atoms with E-state index in [2.05, 4.69) is 11.9 Å². The quantitative estimate of drug-likeness (QED) is 0.487. The standard InChI is InChI=1S/C25H31NO6/c1-26-13-11-16(12-14-26)23-22(31-4)15-19(28)24(25(23)32-5)18(27)10-9-17-20(29-2)7-6-8-21(17)30-3/h6-10,15-16,28H,11-14H2,1-5H3/b10-9+. The number of ether oxygens (including phenoxy) is 4. The van der Waals surface area contributed by atoms with Gasteiger partial charge < -0.3 is 29.0 Å². The summed E-state index contributed by atoms with van der Waals surface area (Å²) in [6, 6.07) is 6.89. The van der Waals surface area contributed by atoms with Crippen molar-refractivity contribution in [1.29, 1.82) is 0 Å². The van der Waals surface area contributed by atoms with E-state index < -0.39 is 0 Å². The van der Waals surface area contributed by atoms with Crippen molar-refractivity contribution in [3.8, 4) is 28.7 Å². The fraction of sp³-hybridized carbons (Fsp3) is 0.400. The van der Waals surface area contributed by atoms with Gasteiger partial charge in [-0.3, -0.25) is 4.79 Å². The van der Waals surface area contributed by atoms with Crippen molar-refractivity contribution in [3.05, 3.63) is 47.0 Å². The summed E-state index contributed by atoms with van der Waals surface area (Å²) in [6.07, 6.45) is 4.84. The number of nitrogens with zero attached hydrogens (tertiary/aromatic N) is 1. The number of allylic oxidation sites excluding steroid dienone is 1. The monoisotopic (exact) mass is 441 g/mol. The van der Waals surface area contributed by atoms with Gasteiger partial charge in [0.25, 0.3) is 0 Å². The van der Waals surface area contributed by atoms with Gasteiger partial charge >= 0.3 is 0 Å². The largest absolute Gasteiger partial charge is 0.507 e. The molecule has 32 heavy (non-hydrogen) atoms. The van der Waals surface area contributed by atoms with Crippen LogP contribution >= 0.6 is 0 Å². The molecule has 1 saturated heterocycles. The fourth-order valence-electron chi connectivity index (χ4n) is 4.23. The van der Waals surface area contributed by atoms with E-state index in [1.54, 1.807) is 39.5 Å². The Balaban J connectivity index is 2.05. The second-order valence-corrected chi connectivity index (χ2v) is 7.77. The molecule has 0 radical (unpaired) electrons. The zero-order chi connectivity index (χ0) is 23.3. The van der Waals surface area contributed by atoms with Gasteiger partial charge in [-0.2, -0.15) is 0 Å². The van der Waals surface area contributed by atoms with Gasteiger partial charge in [-0.15, -0.1) is 0 Å². The molecule has 2 aromatic carbocycles. The van der Waals surface area contributed by atoms with Crippen molar-refractivity contribution in [1.82, 2.24) is 4.90 Å². The Bertz CT molecular complexity index is 970. The van der Waals surface area contributed by atoms with Gasteiger partial charge in [-0.25, -0.2) is 0 Å². The van der Waals surface area contributed by atoms with E-state index in [-0.39, 0.29) is 23.0 Å². The Hall–Kier alpha value is -3.19. The van der Waals surface area contributed by atoms with Crippen LogP contribution in [0.3, 0.4) is 0 Å². The molecule has 1 aliphatic rings. The summed E-state index contributed by atoms with van der Waals surface area (Å²) in [5.74, 6) is 1.64.